The van der Waals surface area contributed by atoms with Crippen molar-refractivity contribution in [2.45, 2.75) is 71.2 Å². The number of likely N-dealkylation sites (tertiary alicyclic amines) is 1. The molecule has 4 fully saturated rings. The van der Waals surface area contributed by atoms with Crippen molar-refractivity contribution in [3.63, 3.8) is 0 Å². The number of quaternary nitrogens is 1. The van der Waals surface area contributed by atoms with Crippen LogP contribution in [0.3, 0.4) is 0 Å². The molecule has 2 saturated heterocycles. The fourth-order valence-electron chi connectivity index (χ4n) is 5.99. The molecule has 2 saturated carbocycles. The van der Waals surface area contributed by atoms with Gasteiger partial charge in [-0.3, -0.25) is 0 Å². The minimum atomic E-state index is 0.0813. The van der Waals surface area contributed by atoms with E-state index in [2.05, 4.69) is 13.8 Å². The van der Waals surface area contributed by atoms with Crippen LogP contribution in [0.1, 0.15) is 58.8 Å². The lowest BCUT2D eigenvalue weighted by atomic mass is 9.67. The normalized spacial score (nSPS) is 44.7. The number of ether oxygens (including phenoxy) is 2. The van der Waals surface area contributed by atoms with Crippen LogP contribution >= 0.6 is 0 Å². The molecule has 4 aliphatic rings. The van der Waals surface area contributed by atoms with Gasteiger partial charge in [0.15, 0.2) is 6.29 Å². The summed E-state index contributed by atoms with van der Waals surface area (Å²) in [5, 5.41) is 0. The van der Waals surface area contributed by atoms with E-state index in [1.807, 2.05) is 0 Å². The summed E-state index contributed by atoms with van der Waals surface area (Å²) in [6.07, 6.45) is 10.2. The third-order valence-corrected chi connectivity index (χ3v) is 7.39. The molecule has 2 aliphatic heterocycles. The Morgan fingerprint density at radius 1 is 1.09 bits per heavy atom. The van der Waals surface area contributed by atoms with E-state index >= 15 is 0 Å². The fraction of sp³-hybridized carbons (Fsp3) is 1.00. The highest BCUT2D eigenvalue weighted by Crippen LogP contribution is 2.60. The Balaban J connectivity index is 1.28. The van der Waals surface area contributed by atoms with Crippen LogP contribution < -0.4 is 4.90 Å². The zero-order valence-electron chi connectivity index (χ0n) is 14.5. The Bertz CT molecular complexity index is 391. The van der Waals surface area contributed by atoms with Gasteiger partial charge in [-0.25, -0.2) is 0 Å². The fourth-order valence-corrected chi connectivity index (χ4v) is 5.99. The van der Waals surface area contributed by atoms with Gasteiger partial charge < -0.3 is 14.4 Å². The topological polar surface area (TPSA) is 22.9 Å². The predicted molar refractivity (Wildman–Crippen MR) is 86.7 cm³/mol. The summed E-state index contributed by atoms with van der Waals surface area (Å²) in [6.45, 7) is 9.65. The van der Waals surface area contributed by atoms with Crippen LogP contribution in [0.15, 0.2) is 0 Å². The second kappa shape index (κ2) is 6.07. The first-order valence-corrected chi connectivity index (χ1v) is 9.73. The van der Waals surface area contributed by atoms with Gasteiger partial charge in [-0.2, -0.15) is 0 Å². The smallest absolute Gasteiger partial charge is 0.158 e. The van der Waals surface area contributed by atoms with Gasteiger partial charge in [0.05, 0.1) is 19.7 Å². The maximum Gasteiger partial charge on any atom is 0.158 e. The first-order chi connectivity index (χ1) is 10.6. The van der Waals surface area contributed by atoms with E-state index in [4.69, 9.17) is 9.47 Å². The molecule has 1 N–H and O–H groups in total. The Kier molecular flexibility index (Phi) is 4.25. The Morgan fingerprint density at radius 3 is 2.64 bits per heavy atom. The molecule has 0 unspecified atom stereocenters. The van der Waals surface area contributed by atoms with E-state index in [0.29, 0.717) is 11.5 Å². The molecule has 0 radical (unpaired) electrons. The lowest BCUT2D eigenvalue weighted by molar-refractivity contribution is -0.907. The van der Waals surface area contributed by atoms with Gasteiger partial charge in [0.1, 0.15) is 12.6 Å². The summed E-state index contributed by atoms with van der Waals surface area (Å²) in [5.74, 6) is 2.72. The Hall–Kier alpha value is -0.120. The van der Waals surface area contributed by atoms with Crippen molar-refractivity contribution in [1.29, 1.82) is 0 Å². The van der Waals surface area contributed by atoms with Gasteiger partial charge in [0.25, 0.3) is 0 Å². The van der Waals surface area contributed by atoms with Crippen molar-refractivity contribution < 1.29 is 14.4 Å². The second-order valence-electron chi connectivity index (χ2n) is 8.97. The molecular weight excluding hydrogens is 274 g/mol. The number of hydrogen-bond acceptors (Lipinski definition) is 2. The lowest BCUT2D eigenvalue weighted by Gasteiger charge is -2.39. The highest BCUT2D eigenvalue weighted by atomic mass is 16.7. The standard InChI is InChI=1S/C19H33NO2/c1-19(2)15-7-6-14(10-15)17(19)11-18-21-13-16(22-18)12-20-8-4-3-5-9-20/h14-18H,3-13H2,1-2H3/p+1/t14-,15+,16-,17-,18-/m1/s1. The average molecular weight is 308 g/mol. The van der Waals surface area contributed by atoms with Crippen molar-refractivity contribution >= 4 is 0 Å². The highest BCUT2D eigenvalue weighted by Gasteiger charge is 2.53. The number of fused-ring (bicyclic) bond motifs is 2. The monoisotopic (exact) mass is 308 g/mol. The van der Waals surface area contributed by atoms with Crippen LogP contribution in [0, 0.1) is 23.2 Å². The Labute approximate surface area is 135 Å². The van der Waals surface area contributed by atoms with Gasteiger partial charge >= 0.3 is 0 Å². The molecule has 126 valence electrons. The molecule has 0 aromatic heterocycles. The molecule has 4 rings (SSSR count). The second-order valence-corrected chi connectivity index (χ2v) is 8.97. The average Bonchev–Trinajstić information content (AvgIpc) is 3.19. The molecule has 2 aliphatic carbocycles. The molecule has 2 bridgehead atoms. The van der Waals surface area contributed by atoms with Crippen LogP contribution in [0.2, 0.25) is 0 Å². The first-order valence-electron chi connectivity index (χ1n) is 9.73. The molecule has 0 amide bonds. The van der Waals surface area contributed by atoms with Crippen LogP contribution in [0.5, 0.6) is 0 Å². The summed E-state index contributed by atoms with van der Waals surface area (Å²) in [6, 6.07) is 0. The van der Waals surface area contributed by atoms with Crippen molar-refractivity contribution in [3.8, 4) is 0 Å². The molecule has 3 nitrogen and oxygen atoms in total. The van der Waals surface area contributed by atoms with Gasteiger partial charge in [-0.15, -0.1) is 0 Å². The van der Waals surface area contributed by atoms with Crippen LogP contribution in [0.25, 0.3) is 0 Å². The molecule has 3 heteroatoms. The van der Waals surface area contributed by atoms with E-state index in [1.54, 1.807) is 4.90 Å². The maximum absolute atomic E-state index is 6.28. The van der Waals surface area contributed by atoms with Crippen molar-refractivity contribution in [3.05, 3.63) is 0 Å². The summed E-state index contributed by atoms with van der Waals surface area (Å²) in [5.41, 5.74) is 0.506. The van der Waals surface area contributed by atoms with Gasteiger partial charge in [0.2, 0.25) is 0 Å². The van der Waals surface area contributed by atoms with Crippen LogP contribution in [0.4, 0.5) is 0 Å². The maximum atomic E-state index is 6.28. The zero-order chi connectivity index (χ0) is 15.2. The van der Waals surface area contributed by atoms with Crippen LogP contribution in [-0.2, 0) is 9.47 Å². The molecule has 22 heavy (non-hydrogen) atoms. The SMILES string of the molecule is CC1(C)[C@H]2CC[C@H](C2)[C@H]1C[C@@H]1OC[C@@H](C[NH+]2CCCCC2)O1. The number of nitrogens with one attached hydrogen (secondary N) is 1. The number of rotatable bonds is 4. The molecule has 0 aromatic carbocycles. The molecule has 0 aromatic rings. The minimum Gasteiger partial charge on any atom is -0.350 e. The van der Waals surface area contributed by atoms with Gasteiger partial charge in [0, 0.05) is 6.42 Å². The van der Waals surface area contributed by atoms with Crippen LogP contribution in [-0.4, -0.2) is 38.6 Å². The van der Waals surface area contributed by atoms with Crippen molar-refractivity contribution in [2.75, 3.05) is 26.2 Å². The van der Waals surface area contributed by atoms with E-state index in [9.17, 15) is 0 Å². The summed E-state index contributed by atoms with van der Waals surface area (Å²) >= 11 is 0. The molecule has 2 heterocycles. The third kappa shape index (κ3) is 2.85. The van der Waals surface area contributed by atoms with Gasteiger partial charge in [-0.05, 0) is 61.7 Å². The van der Waals surface area contributed by atoms with Gasteiger partial charge in [-0.1, -0.05) is 13.8 Å². The zero-order valence-corrected chi connectivity index (χ0v) is 14.5. The number of hydrogen-bond donors (Lipinski definition) is 1. The summed E-state index contributed by atoms with van der Waals surface area (Å²) < 4.78 is 12.3. The Morgan fingerprint density at radius 2 is 1.91 bits per heavy atom. The third-order valence-electron chi connectivity index (χ3n) is 7.39. The van der Waals surface area contributed by atoms with E-state index in [0.717, 1.165) is 37.3 Å². The first kappa shape index (κ1) is 15.4. The summed E-state index contributed by atoms with van der Waals surface area (Å²) in [7, 11) is 0. The largest absolute Gasteiger partial charge is 0.350 e. The predicted octanol–water partition coefficient (Wildman–Crippen LogP) is 2.26. The van der Waals surface area contributed by atoms with Crippen molar-refractivity contribution in [1.82, 2.24) is 0 Å². The van der Waals surface area contributed by atoms with Crippen molar-refractivity contribution in [2.24, 2.45) is 23.2 Å². The summed E-state index contributed by atoms with van der Waals surface area (Å²) in [4.78, 5) is 1.74. The van der Waals surface area contributed by atoms with E-state index in [1.165, 1.54) is 51.6 Å². The van der Waals surface area contributed by atoms with E-state index < -0.39 is 0 Å². The molecule has 0 spiro atoms. The molecule has 5 atom stereocenters. The van der Waals surface area contributed by atoms with E-state index in [-0.39, 0.29) is 6.29 Å². The molecular formula is C19H34NO2+. The number of piperidine rings is 1. The lowest BCUT2D eigenvalue weighted by Crippen LogP contribution is -3.13. The highest BCUT2D eigenvalue weighted by molar-refractivity contribution is 5.01. The minimum absolute atomic E-state index is 0.0813. The quantitative estimate of drug-likeness (QED) is 0.861.